The summed E-state index contributed by atoms with van der Waals surface area (Å²) < 4.78 is 5.09. The number of amides is 1. The zero-order chi connectivity index (χ0) is 16.7. The van der Waals surface area contributed by atoms with Crippen molar-refractivity contribution in [1.82, 2.24) is 15.1 Å². The number of piperazine rings is 1. The number of hydrogen-bond acceptors (Lipinski definition) is 5. The van der Waals surface area contributed by atoms with Crippen LogP contribution in [0.2, 0.25) is 0 Å². The highest BCUT2D eigenvalue weighted by Crippen LogP contribution is 2.19. The van der Waals surface area contributed by atoms with Gasteiger partial charge in [-0.25, -0.2) is 0 Å². The highest BCUT2D eigenvalue weighted by atomic mass is 16.5. The van der Waals surface area contributed by atoms with E-state index in [1.54, 1.807) is 25.3 Å². The van der Waals surface area contributed by atoms with Gasteiger partial charge in [0.05, 0.1) is 12.7 Å². The van der Waals surface area contributed by atoms with Crippen molar-refractivity contribution in [2.45, 2.75) is 13.3 Å². The van der Waals surface area contributed by atoms with Crippen LogP contribution in [0.15, 0.2) is 18.2 Å². The number of anilines is 1. The summed E-state index contributed by atoms with van der Waals surface area (Å²) in [4.78, 5) is 17.1. The molecule has 128 valence electrons. The summed E-state index contributed by atoms with van der Waals surface area (Å²) >= 11 is 0. The summed E-state index contributed by atoms with van der Waals surface area (Å²) in [6, 6.07) is 5.12. The molecule has 2 rings (SSSR count). The van der Waals surface area contributed by atoms with Crippen LogP contribution in [-0.2, 0) is 0 Å². The van der Waals surface area contributed by atoms with Gasteiger partial charge >= 0.3 is 0 Å². The van der Waals surface area contributed by atoms with E-state index in [0.29, 0.717) is 23.5 Å². The van der Waals surface area contributed by atoms with Crippen molar-refractivity contribution in [3.63, 3.8) is 0 Å². The second kappa shape index (κ2) is 8.74. The minimum absolute atomic E-state index is 0.124. The van der Waals surface area contributed by atoms with E-state index < -0.39 is 0 Å². The minimum Gasteiger partial charge on any atom is -0.497 e. The van der Waals surface area contributed by atoms with Gasteiger partial charge in [-0.3, -0.25) is 4.79 Å². The van der Waals surface area contributed by atoms with Crippen molar-refractivity contribution in [2.75, 3.05) is 58.7 Å². The predicted molar refractivity (Wildman–Crippen MR) is 92.9 cm³/mol. The average Bonchev–Trinajstić information content (AvgIpc) is 2.58. The predicted octanol–water partition coefficient (Wildman–Crippen LogP) is 1.03. The molecule has 6 heteroatoms. The zero-order valence-electron chi connectivity index (χ0n) is 14.2. The summed E-state index contributed by atoms with van der Waals surface area (Å²) in [5.41, 5.74) is 6.84. The molecular weight excluding hydrogens is 292 g/mol. The maximum Gasteiger partial charge on any atom is 0.253 e. The Bertz CT molecular complexity index is 513. The number of rotatable bonds is 7. The number of carbonyl (C=O) groups is 1. The summed E-state index contributed by atoms with van der Waals surface area (Å²) in [6.07, 6.45) is 0.952. The number of nitrogens with two attached hydrogens (primary N) is 1. The molecule has 1 heterocycles. The number of likely N-dealkylation sites (N-methyl/N-ethyl adjacent to an activating group) is 1. The van der Waals surface area contributed by atoms with Crippen LogP contribution in [0.4, 0.5) is 5.69 Å². The van der Waals surface area contributed by atoms with Crippen LogP contribution in [-0.4, -0.2) is 68.6 Å². The Morgan fingerprint density at radius 1 is 1.26 bits per heavy atom. The second-order valence-electron chi connectivity index (χ2n) is 5.84. The molecule has 1 aromatic rings. The molecule has 6 nitrogen and oxygen atoms in total. The SMILES string of the molecule is CCN1CCN(CCCNC(=O)c2ccc(OC)cc2N)CC1. The van der Waals surface area contributed by atoms with Gasteiger partial charge in [-0.15, -0.1) is 0 Å². The Morgan fingerprint density at radius 3 is 2.57 bits per heavy atom. The first-order chi connectivity index (χ1) is 11.1. The highest BCUT2D eigenvalue weighted by molar-refractivity contribution is 5.99. The molecule has 23 heavy (non-hydrogen) atoms. The monoisotopic (exact) mass is 320 g/mol. The molecule has 3 N–H and O–H groups in total. The van der Waals surface area contributed by atoms with Crippen molar-refractivity contribution >= 4 is 11.6 Å². The fraction of sp³-hybridized carbons (Fsp3) is 0.588. The molecule has 1 amide bonds. The molecule has 0 radical (unpaired) electrons. The maximum atomic E-state index is 12.1. The fourth-order valence-electron chi connectivity index (χ4n) is 2.80. The van der Waals surface area contributed by atoms with Crippen molar-refractivity contribution in [1.29, 1.82) is 0 Å². The molecule has 1 saturated heterocycles. The average molecular weight is 320 g/mol. The summed E-state index contributed by atoms with van der Waals surface area (Å²) in [5.74, 6) is 0.534. The number of nitrogens with one attached hydrogen (secondary N) is 1. The Kier molecular flexibility index (Phi) is 6.67. The number of carbonyl (C=O) groups excluding carboxylic acids is 1. The van der Waals surface area contributed by atoms with Crippen LogP contribution in [0.3, 0.4) is 0 Å². The number of benzene rings is 1. The van der Waals surface area contributed by atoms with Gasteiger partial charge in [0.15, 0.2) is 0 Å². The molecule has 1 aliphatic heterocycles. The van der Waals surface area contributed by atoms with Crippen molar-refractivity contribution in [2.24, 2.45) is 0 Å². The number of nitrogen functional groups attached to an aromatic ring is 1. The number of methoxy groups -OCH3 is 1. The molecule has 1 fully saturated rings. The molecule has 0 atom stereocenters. The van der Waals surface area contributed by atoms with E-state index in [9.17, 15) is 4.79 Å². The molecule has 0 spiro atoms. The van der Waals surface area contributed by atoms with Crippen LogP contribution in [0, 0.1) is 0 Å². The van der Waals surface area contributed by atoms with Gasteiger partial charge in [0.2, 0.25) is 0 Å². The Morgan fingerprint density at radius 2 is 1.96 bits per heavy atom. The van der Waals surface area contributed by atoms with Gasteiger partial charge in [0, 0.05) is 44.5 Å². The maximum absolute atomic E-state index is 12.1. The molecule has 0 aliphatic carbocycles. The van der Waals surface area contributed by atoms with Crippen LogP contribution in [0.5, 0.6) is 5.75 Å². The molecule has 0 bridgehead atoms. The summed E-state index contributed by atoms with van der Waals surface area (Å²) in [5, 5.41) is 2.94. The van der Waals surface area contributed by atoms with E-state index in [4.69, 9.17) is 10.5 Å². The Balaban J connectivity index is 1.69. The van der Waals surface area contributed by atoms with Gasteiger partial charge in [-0.05, 0) is 31.6 Å². The first kappa shape index (κ1) is 17.6. The van der Waals surface area contributed by atoms with E-state index in [2.05, 4.69) is 22.0 Å². The third kappa shape index (κ3) is 5.11. The highest BCUT2D eigenvalue weighted by Gasteiger charge is 2.15. The molecule has 0 unspecified atom stereocenters. The lowest BCUT2D eigenvalue weighted by molar-refractivity contribution is 0.0949. The first-order valence-corrected chi connectivity index (χ1v) is 8.30. The Hall–Kier alpha value is -1.79. The van der Waals surface area contributed by atoms with E-state index >= 15 is 0 Å². The van der Waals surface area contributed by atoms with Crippen LogP contribution in [0.1, 0.15) is 23.7 Å². The quantitative estimate of drug-likeness (QED) is 0.580. The third-order valence-corrected chi connectivity index (χ3v) is 4.35. The minimum atomic E-state index is -0.124. The summed E-state index contributed by atoms with van der Waals surface area (Å²) in [7, 11) is 1.58. The normalized spacial score (nSPS) is 16.3. The summed E-state index contributed by atoms with van der Waals surface area (Å²) in [6.45, 7) is 9.55. The fourth-order valence-corrected chi connectivity index (χ4v) is 2.80. The van der Waals surface area contributed by atoms with Crippen molar-refractivity contribution in [3.8, 4) is 5.75 Å². The van der Waals surface area contributed by atoms with Gasteiger partial charge in [0.25, 0.3) is 5.91 Å². The van der Waals surface area contributed by atoms with Gasteiger partial charge in [-0.1, -0.05) is 6.92 Å². The molecule has 0 aromatic heterocycles. The van der Waals surface area contributed by atoms with Gasteiger partial charge in [-0.2, -0.15) is 0 Å². The van der Waals surface area contributed by atoms with Crippen molar-refractivity contribution in [3.05, 3.63) is 23.8 Å². The van der Waals surface area contributed by atoms with E-state index in [1.165, 1.54) is 0 Å². The van der Waals surface area contributed by atoms with Crippen molar-refractivity contribution < 1.29 is 9.53 Å². The van der Waals surface area contributed by atoms with Gasteiger partial charge in [0.1, 0.15) is 5.75 Å². The molecular formula is C17H28N4O2. The smallest absolute Gasteiger partial charge is 0.253 e. The largest absolute Gasteiger partial charge is 0.497 e. The first-order valence-electron chi connectivity index (χ1n) is 8.30. The van der Waals surface area contributed by atoms with E-state index in [1.807, 2.05) is 0 Å². The number of hydrogen-bond donors (Lipinski definition) is 2. The lowest BCUT2D eigenvalue weighted by Gasteiger charge is -2.33. The topological polar surface area (TPSA) is 70.8 Å². The van der Waals surface area contributed by atoms with E-state index in [-0.39, 0.29) is 5.91 Å². The van der Waals surface area contributed by atoms with E-state index in [0.717, 1.165) is 45.7 Å². The molecule has 0 saturated carbocycles. The van der Waals surface area contributed by atoms with Crippen LogP contribution < -0.4 is 15.8 Å². The molecule has 1 aliphatic rings. The Labute approximate surface area is 138 Å². The molecule has 1 aromatic carbocycles. The second-order valence-corrected chi connectivity index (χ2v) is 5.84. The lowest BCUT2D eigenvalue weighted by Crippen LogP contribution is -2.46. The zero-order valence-corrected chi connectivity index (χ0v) is 14.2. The third-order valence-electron chi connectivity index (χ3n) is 4.35. The standard InChI is InChI=1S/C17H28N4O2/c1-3-20-9-11-21(12-10-20)8-4-7-19-17(22)15-6-5-14(23-2)13-16(15)18/h5-6,13H,3-4,7-12,18H2,1-2H3,(H,19,22). The van der Waals surface area contributed by atoms with Crippen LogP contribution >= 0.6 is 0 Å². The van der Waals surface area contributed by atoms with Gasteiger partial charge < -0.3 is 25.6 Å². The van der Waals surface area contributed by atoms with Crippen LogP contribution in [0.25, 0.3) is 0 Å². The number of nitrogens with zero attached hydrogens (tertiary/aromatic N) is 2. The number of ether oxygens (including phenoxy) is 1. The lowest BCUT2D eigenvalue weighted by atomic mass is 10.1.